The number of amides is 1. The molecule has 1 fully saturated rings. The van der Waals surface area contributed by atoms with Crippen molar-refractivity contribution in [1.82, 2.24) is 20.0 Å². The second-order valence-electron chi connectivity index (χ2n) is 8.34. The molecular weight excluding hydrogens is 468 g/mol. The van der Waals surface area contributed by atoms with Crippen LogP contribution >= 0.6 is 11.6 Å². The molecule has 2 aliphatic heterocycles. The first-order valence-corrected chi connectivity index (χ1v) is 10.7. The molecule has 2 aromatic rings. The van der Waals surface area contributed by atoms with Crippen LogP contribution in [0.15, 0.2) is 18.2 Å². The summed E-state index contributed by atoms with van der Waals surface area (Å²) >= 11 is 5.76. The van der Waals surface area contributed by atoms with Gasteiger partial charge in [0.15, 0.2) is 5.69 Å². The Morgan fingerprint density at radius 1 is 1.30 bits per heavy atom. The minimum atomic E-state index is -4.68. The minimum absolute atomic E-state index is 0.00870. The van der Waals surface area contributed by atoms with Crippen molar-refractivity contribution < 1.29 is 32.3 Å². The van der Waals surface area contributed by atoms with Gasteiger partial charge in [-0.25, -0.2) is 4.39 Å². The van der Waals surface area contributed by atoms with Crippen molar-refractivity contribution in [1.29, 1.82) is 0 Å². The number of carbonyl (C=O) groups excluding carboxylic acids is 1. The van der Waals surface area contributed by atoms with Crippen LogP contribution in [0, 0.1) is 11.7 Å². The van der Waals surface area contributed by atoms with Gasteiger partial charge in [0.1, 0.15) is 11.9 Å². The Hall–Kier alpha value is -2.66. The highest BCUT2D eigenvalue weighted by molar-refractivity contribution is 6.30. The van der Waals surface area contributed by atoms with Gasteiger partial charge in [-0.15, -0.1) is 0 Å². The van der Waals surface area contributed by atoms with Crippen LogP contribution in [0.3, 0.4) is 0 Å². The molecule has 1 saturated heterocycles. The molecule has 178 valence electrons. The predicted molar refractivity (Wildman–Crippen MR) is 109 cm³/mol. The summed E-state index contributed by atoms with van der Waals surface area (Å²) in [4.78, 5) is 25.4. The van der Waals surface area contributed by atoms with E-state index in [1.165, 1.54) is 17.0 Å². The molecule has 0 radical (unpaired) electrons. The van der Waals surface area contributed by atoms with E-state index in [9.17, 15) is 27.2 Å². The van der Waals surface area contributed by atoms with Gasteiger partial charge < -0.3 is 15.3 Å². The Labute approximate surface area is 191 Å². The van der Waals surface area contributed by atoms with E-state index in [2.05, 4.69) is 10.4 Å². The Morgan fingerprint density at radius 2 is 2.06 bits per heavy atom. The summed E-state index contributed by atoms with van der Waals surface area (Å²) in [6.07, 6.45) is -4.30. The zero-order valence-corrected chi connectivity index (χ0v) is 18.1. The van der Waals surface area contributed by atoms with Gasteiger partial charge in [-0.05, 0) is 37.4 Å². The van der Waals surface area contributed by atoms with Crippen LogP contribution in [0.4, 0.5) is 17.6 Å². The van der Waals surface area contributed by atoms with E-state index in [0.717, 1.165) is 10.7 Å². The Kier molecular flexibility index (Phi) is 6.37. The lowest BCUT2D eigenvalue weighted by Gasteiger charge is -2.29. The van der Waals surface area contributed by atoms with Gasteiger partial charge in [0.25, 0.3) is 0 Å². The molecule has 0 bridgehead atoms. The fourth-order valence-electron chi connectivity index (χ4n) is 4.39. The van der Waals surface area contributed by atoms with Crippen LogP contribution in [-0.2, 0) is 35.3 Å². The van der Waals surface area contributed by atoms with Crippen molar-refractivity contribution in [2.75, 3.05) is 13.1 Å². The van der Waals surface area contributed by atoms with Crippen molar-refractivity contribution in [3.8, 4) is 0 Å². The number of benzene rings is 1. The summed E-state index contributed by atoms with van der Waals surface area (Å²) in [5.74, 6) is -2.08. The summed E-state index contributed by atoms with van der Waals surface area (Å²) in [7, 11) is 0. The average Bonchev–Trinajstić information content (AvgIpc) is 3.34. The summed E-state index contributed by atoms with van der Waals surface area (Å²) in [6, 6.07) is 3.20. The number of carboxylic acid groups (broad SMARTS) is 1. The van der Waals surface area contributed by atoms with Crippen LogP contribution in [0.25, 0.3) is 0 Å². The number of aromatic nitrogens is 2. The third-order valence-electron chi connectivity index (χ3n) is 6.08. The van der Waals surface area contributed by atoms with Crippen LogP contribution < -0.4 is 5.32 Å². The molecule has 0 aliphatic carbocycles. The van der Waals surface area contributed by atoms with Crippen LogP contribution in [-0.4, -0.2) is 50.8 Å². The molecule has 0 saturated carbocycles. The number of carboxylic acids is 1. The molecule has 1 amide bonds. The highest BCUT2D eigenvalue weighted by Crippen LogP contribution is 2.36. The van der Waals surface area contributed by atoms with Crippen molar-refractivity contribution in [3.05, 3.63) is 51.6 Å². The highest BCUT2D eigenvalue weighted by Gasteiger charge is 2.41. The molecular formula is C21H21ClF4N4O3. The van der Waals surface area contributed by atoms with E-state index in [1.54, 1.807) is 0 Å². The lowest BCUT2D eigenvalue weighted by Crippen LogP contribution is -2.38. The van der Waals surface area contributed by atoms with E-state index >= 15 is 0 Å². The van der Waals surface area contributed by atoms with Gasteiger partial charge in [-0.3, -0.25) is 14.3 Å². The van der Waals surface area contributed by atoms with Crippen molar-refractivity contribution in [2.24, 2.45) is 5.92 Å². The Balaban J connectivity index is 1.55. The van der Waals surface area contributed by atoms with E-state index in [-0.39, 0.29) is 66.1 Å². The number of nitrogens with zero attached hydrogens (tertiary/aromatic N) is 3. The monoisotopic (exact) mass is 488 g/mol. The van der Waals surface area contributed by atoms with Crippen molar-refractivity contribution in [3.63, 3.8) is 0 Å². The summed E-state index contributed by atoms with van der Waals surface area (Å²) in [6.45, 7) is 0.150. The standard InChI is InChI=1S/C21H21ClF4N4O3/c22-13-2-1-12(15(23)7-13)9-30-17-10-29(4-3-14(17)19(28-30)21(24,25)26)18(31)6-11-5-16(20(32)33)27-8-11/h1-2,7,11,16,27H,3-6,8-10H2,(H,32,33)/t11?,16-/m0/s1. The third kappa shape index (κ3) is 4.98. The summed E-state index contributed by atoms with van der Waals surface area (Å²) in [5.41, 5.74) is -0.680. The lowest BCUT2D eigenvalue weighted by molar-refractivity contribution is -0.142. The zero-order valence-electron chi connectivity index (χ0n) is 17.3. The topological polar surface area (TPSA) is 87.5 Å². The van der Waals surface area contributed by atoms with Crippen LogP contribution in [0.5, 0.6) is 0 Å². The predicted octanol–water partition coefficient (Wildman–Crippen LogP) is 3.08. The van der Waals surface area contributed by atoms with Crippen molar-refractivity contribution in [2.45, 2.75) is 44.6 Å². The Bertz CT molecular complexity index is 1090. The number of hydrogen-bond acceptors (Lipinski definition) is 4. The first kappa shape index (κ1) is 23.5. The first-order valence-electron chi connectivity index (χ1n) is 10.4. The summed E-state index contributed by atoms with van der Waals surface area (Å²) in [5, 5.41) is 15.8. The van der Waals surface area contributed by atoms with E-state index in [0.29, 0.717) is 13.0 Å². The minimum Gasteiger partial charge on any atom is -0.480 e. The number of hydrogen-bond donors (Lipinski definition) is 2. The Morgan fingerprint density at radius 3 is 2.70 bits per heavy atom. The second-order valence-corrected chi connectivity index (χ2v) is 8.77. The number of halogens is 5. The van der Waals surface area contributed by atoms with E-state index in [1.807, 2.05) is 0 Å². The molecule has 3 heterocycles. The van der Waals surface area contributed by atoms with Gasteiger partial charge in [0.05, 0.1) is 18.8 Å². The maximum absolute atomic E-state index is 14.3. The fourth-order valence-corrected chi connectivity index (χ4v) is 4.55. The van der Waals surface area contributed by atoms with Gasteiger partial charge in [-0.2, -0.15) is 18.3 Å². The molecule has 0 spiro atoms. The van der Waals surface area contributed by atoms with Gasteiger partial charge >= 0.3 is 12.1 Å². The lowest BCUT2D eigenvalue weighted by atomic mass is 9.99. The molecule has 2 atom stereocenters. The average molecular weight is 489 g/mol. The van der Waals surface area contributed by atoms with E-state index in [4.69, 9.17) is 16.7 Å². The molecule has 1 unspecified atom stereocenters. The molecule has 1 aromatic heterocycles. The van der Waals surface area contributed by atoms with Gasteiger partial charge in [-0.1, -0.05) is 17.7 Å². The van der Waals surface area contributed by atoms with Gasteiger partial charge in [0.2, 0.25) is 5.91 Å². The number of nitrogens with one attached hydrogen (secondary N) is 1. The number of carbonyl (C=O) groups is 2. The number of fused-ring (bicyclic) bond motifs is 1. The molecule has 2 aliphatic rings. The maximum Gasteiger partial charge on any atom is 0.435 e. The highest BCUT2D eigenvalue weighted by atomic mass is 35.5. The fraction of sp³-hybridized carbons (Fsp3) is 0.476. The quantitative estimate of drug-likeness (QED) is 0.632. The van der Waals surface area contributed by atoms with Gasteiger partial charge in [0, 0.05) is 29.1 Å². The molecule has 12 heteroatoms. The molecule has 4 rings (SSSR count). The second kappa shape index (κ2) is 8.94. The van der Waals surface area contributed by atoms with Crippen LogP contribution in [0.1, 0.15) is 35.4 Å². The third-order valence-corrected chi connectivity index (χ3v) is 6.31. The first-order chi connectivity index (χ1) is 15.5. The number of aliphatic carboxylic acids is 1. The summed E-state index contributed by atoms with van der Waals surface area (Å²) < 4.78 is 56.1. The normalized spacial score (nSPS) is 20.7. The van der Waals surface area contributed by atoms with Crippen LogP contribution in [0.2, 0.25) is 5.02 Å². The molecule has 33 heavy (non-hydrogen) atoms. The SMILES string of the molecule is O=C(O)[C@@H]1CC(CC(=O)N2CCc3c(C(F)(F)F)nn(Cc4ccc(Cl)cc4F)c3C2)CN1. The number of alkyl halides is 3. The van der Waals surface area contributed by atoms with Crippen molar-refractivity contribution >= 4 is 23.5 Å². The maximum atomic E-state index is 14.3. The molecule has 1 aromatic carbocycles. The van der Waals surface area contributed by atoms with E-state index < -0.39 is 29.7 Å². The molecule has 2 N–H and O–H groups in total. The zero-order chi connectivity index (χ0) is 23.9. The molecule has 7 nitrogen and oxygen atoms in total. The largest absolute Gasteiger partial charge is 0.480 e. The number of rotatable bonds is 5. The smallest absolute Gasteiger partial charge is 0.435 e.